The summed E-state index contributed by atoms with van der Waals surface area (Å²) in [5.41, 5.74) is 0. The van der Waals surface area contributed by atoms with Gasteiger partial charge in [-0.3, -0.25) is 9.05 Å². The zero-order valence-electron chi connectivity index (χ0n) is 34.0. The Morgan fingerprint density at radius 2 is 0.820 bits per heavy atom. The third kappa shape index (κ3) is 44.1. The summed E-state index contributed by atoms with van der Waals surface area (Å²) in [7, 11) is 1.92. The number of unbranched alkanes of at least 4 members (excludes halogenated alkanes) is 26. The number of likely N-dealkylation sites (N-methyl/N-ethyl adjacent to an activating group) is 1. The number of quaternary nitrogens is 1. The highest BCUT2D eigenvalue weighted by Crippen LogP contribution is 2.43. The maximum Gasteiger partial charge on any atom is 0.472 e. The number of rotatable bonds is 40. The summed E-state index contributed by atoms with van der Waals surface area (Å²) in [5.74, 6) is 0. The van der Waals surface area contributed by atoms with Crippen LogP contribution in [0.4, 0.5) is 0 Å². The minimum absolute atomic E-state index is 0. The molecule has 5 N–H and O–H groups in total. The second-order valence-electron chi connectivity index (χ2n) is 15.4. The fraction of sp³-hybridized carbons (Fsp3) is 1.00. The second-order valence-corrected chi connectivity index (χ2v) is 16.8. The monoisotopic (exact) mass is 743 g/mol. The first kappa shape index (κ1) is 54.3. The van der Waals surface area contributed by atoms with Crippen LogP contribution in [0.5, 0.6) is 0 Å². The highest BCUT2D eigenvalue weighted by atomic mass is 31.2. The first-order valence-electron chi connectivity index (χ1n) is 20.8. The van der Waals surface area contributed by atoms with E-state index in [1.807, 2.05) is 21.1 Å². The Kier molecular flexibility index (Phi) is 43.5. The first-order valence-corrected chi connectivity index (χ1v) is 22.3. The van der Waals surface area contributed by atoms with Crippen LogP contribution in [0.1, 0.15) is 194 Å². The van der Waals surface area contributed by atoms with Crippen LogP contribution >= 0.6 is 7.82 Å². The number of ether oxygens (including phenoxy) is 2. The molecule has 0 aromatic carbocycles. The summed E-state index contributed by atoms with van der Waals surface area (Å²) in [6.45, 7) is 7.01. The molecule has 2 atom stereocenters. The third-order valence-corrected chi connectivity index (χ3v) is 10.2. The summed E-state index contributed by atoms with van der Waals surface area (Å²) in [5, 5.41) is 0. The Morgan fingerprint density at radius 3 is 1.18 bits per heavy atom. The van der Waals surface area contributed by atoms with Crippen molar-refractivity contribution in [2.24, 2.45) is 0 Å². The van der Waals surface area contributed by atoms with Gasteiger partial charge in [-0.1, -0.05) is 181 Å². The van der Waals surface area contributed by atoms with E-state index in [9.17, 15) is 9.46 Å². The summed E-state index contributed by atoms with van der Waals surface area (Å²) >= 11 is 0. The zero-order chi connectivity index (χ0) is 35.4. The third-order valence-electron chi connectivity index (χ3n) is 9.24. The van der Waals surface area contributed by atoms with Crippen LogP contribution in [0, 0.1) is 0 Å². The van der Waals surface area contributed by atoms with Crippen molar-refractivity contribution in [1.82, 2.24) is 0 Å². The summed E-state index contributed by atoms with van der Waals surface area (Å²) in [4.78, 5) is 10.2. The lowest BCUT2D eigenvalue weighted by molar-refractivity contribution is -0.870. The lowest BCUT2D eigenvalue weighted by Crippen LogP contribution is -2.37. The van der Waals surface area contributed by atoms with Crippen LogP contribution in [0.15, 0.2) is 0 Å². The van der Waals surface area contributed by atoms with E-state index in [0.717, 1.165) is 19.3 Å². The molecule has 0 spiro atoms. The molecular weight excluding hydrogens is 653 g/mol. The van der Waals surface area contributed by atoms with Crippen LogP contribution in [0.2, 0.25) is 0 Å². The van der Waals surface area contributed by atoms with Crippen LogP contribution in [0.25, 0.3) is 0 Å². The maximum atomic E-state index is 12.4. The molecule has 0 bridgehead atoms. The number of hydrogen-bond donors (Lipinski definition) is 1. The van der Waals surface area contributed by atoms with Crippen molar-refractivity contribution in [3.05, 3.63) is 0 Å². The van der Waals surface area contributed by atoms with Crippen molar-refractivity contribution in [2.45, 2.75) is 200 Å². The molecule has 9 nitrogen and oxygen atoms in total. The number of phosphoric acid groups is 1. The fourth-order valence-electron chi connectivity index (χ4n) is 5.95. The van der Waals surface area contributed by atoms with Gasteiger partial charge in [0.2, 0.25) is 0 Å². The van der Waals surface area contributed by atoms with Crippen molar-refractivity contribution in [3.8, 4) is 0 Å². The fourth-order valence-corrected chi connectivity index (χ4v) is 6.69. The van der Waals surface area contributed by atoms with E-state index in [-0.39, 0.29) is 30.3 Å². The molecule has 1 unspecified atom stereocenters. The van der Waals surface area contributed by atoms with Crippen molar-refractivity contribution >= 4 is 7.82 Å². The molecule has 50 heavy (non-hydrogen) atoms. The molecule has 0 aromatic heterocycles. The lowest BCUT2D eigenvalue weighted by atomic mass is 10.0. The second kappa shape index (κ2) is 40.1. The predicted molar refractivity (Wildman–Crippen MR) is 213 cm³/mol. The van der Waals surface area contributed by atoms with Crippen LogP contribution in [-0.4, -0.2) is 87.2 Å². The molecule has 0 aliphatic rings. The minimum Gasteiger partial charge on any atom is -0.412 e. The molecule has 0 amide bonds. The van der Waals surface area contributed by atoms with Crippen molar-refractivity contribution in [2.75, 3.05) is 60.7 Å². The van der Waals surface area contributed by atoms with E-state index in [1.165, 1.54) is 161 Å². The van der Waals surface area contributed by atoms with Gasteiger partial charge in [-0.2, -0.15) is 0 Å². The van der Waals surface area contributed by atoms with Gasteiger partial charge >= 0.3 is 7.82 Å². The molecule has 0 fully saturated rings. The van der Waals surface area contributed by atoms with Gasteiger partial charge in [0.05, 0.1) is 34.4 Å². The van der Waals surface area contributed by atoms with E-state index in [2.05, 4.69) is 13.8 Å². The largest absolute Gasteiger partial charge is 0.472 e. The molecule has 0 saturated carbocycles. The number of hydrogen-bond acceptors (Lipinski definition) is 5. The van der Waals surface area contributed by atoms with Crippen LogP contribution in [-0.2, 0) is 23.1 Å². The summed E-state index contributed by atoms with van der Waals surface area (Å²) in [6, 6.07) is 0. The molecule has 0 rings (SSSR count). The van der Waals surface area contributed by atoms with Gasteiger partial charge in [0.15, 0.2) is 0 Å². The van der Waals surface area contributed by atoms with Crippen molar-refractivity contribution < 1.29 is 43.4 Å². The number of nitrogens with zero attached hydrogens (tertiary/aromatic N) is 1. The Bertz CT molecular complexity index is 695. The van der Waals surface area contributed by atoms with Gasteiger partial charge in [0.25, 0.3) is 0 Å². The normalized spacial score (nSPS) is 13.5. The summed E-state index contributed by atoms with van der Waals surface area (Å²) in [6.07, 6.45) is 36.8. The van der Waals surface area contributed by atoms with Gasteiger partial charge in [0.1, 0.15) is 19.3 Å². The highest BCUT2D eigenvalue weighted by molar-refractivity contribution is 7.47. The standard InChI is InChI=1S/C40H84NO6P.2H2O/c1-6-8-10-12-14-16-18-20-22-24-26-28-30-32-35-44-38-40(39-47-48(42,43)46-37-34-41(3,4)5)45-36-33-31-29-27-25-23-21-19-17-15-13-11-9-7-2;;/h40H,6-39H2,1-5H3;2*1H2/p+1/t40-;;/m1../s1. The maximum absolute atomic E-state index is 12.4. The van der Waals surface area contributed by atoms with Crippen molar-refractivity contribution in [1.29, 1.82) is 0 Å². The Balaban J connectivity index is -0.0000110. The summed E-state index contributed by atoms with van der Waals surface area (Å²) < 4.78 is 35.7. The van der Waals surface area contributed by atoms with Gasteiger partial charge in [-0.25, -0.2) is 4.57 Å². The van der Waals surface area contributed by atoms with E-state index in [0.29, 0.717) is 30.8 Å². The first-order chi connectivity index (χ1) is 23.2. The average Bonchev–Trinajstić information content (AvgIpc) is 3.04. The molecular formula is C40H89NO8P+. The van der Waals surface area contributed by atoms with Gasteiger partial charge in [-0.15, -0.1) is 0 Å². The van der Waals surface area contributed by atoms with Crippen LogP contribution < -0.4 is 0 Å². The molecule has 10 heteroatoms. The van der Waals surface area contributed by atoms with E-state index < -0.39 is 7.82 Å². The van der Waals surface area contributed by atoms with Gasteiger partial charge < -0.3 is 29.8 Å². The predicted octanol–water partition coefficient (Wildman–Crippen LogP) is 10.5. The smallest absolute Gasteiger partial charge is 0.412 e. The molecule has 0 heterocycles. The zero-order valence-corrected chi connectivity index (χ0v) is 34.9. The number of phosphoric ester groups is 1. The van der Waals surface area contributed by atoms with E-state index >= 15 is 0 Å². The highest BCUT2D eigenvalue weighted by Gasteiger charge is 2.25. The molecule has 306 valence electrons. The van der Waals surface area contributed by atoms with Gasteiger partial charge in [-0.05, 0) is 12.8 Å². The quantitative estimate of drug-likeness (QED) is 0.0377. The molecule has 0 aliphatic carbocycles. The Labute approximate surface area is 311 Å². The van der Waals surface area contributed by atoms with Crippen molar-refractivity contribution in [3.63, 3.8) is 0 Å². The van der Waals surface area contributed by atoms with Crippen LogP contribution in [0.3, 0.4) is 0 Å². The Hall–Kier alpha value is -0.0900. The van der Waals surface area contributed by atoms with Gasteiger partial charge in [0, 0.05) is 13.2 Å². The molecule has 0 radical (unpaired) electrons. The topological polar surface area (TPSA) is 137 Å². The Morgan fingerprint density at radius 1 is 0.480 bits per heavy atom. The average molecular weight is 743 g/mol. The van der Waals surface area contributed by atoms with E-state index in [4.69, 9.17) is 18.5 Å². The molecule has 0 saturated heterocycles. The SMILES string of the molecule is CCCCCCCCCCCCCCCCOC[C@H](COP(=O)(O)OCC[N+](C)(C)C)OCCCCCCCCCCCCCCCC.O.O. The van der Waals surface area contributed by atoms with E-state index in [1.54, 1.807) is 0 Å². The molecule has 0 aliphatic heterocycles. The molecule has 0 aromatic rings. The minimum atomic E-state index is -4.13. The lowest BCUT2D eigenvalue weighted by Gasteiger charge is -2.24.